The minimum absolute atomic E-state index is 0.0828. The number of amides is 1. The van der Waals surface area contributed by atoms with Gasteiger partial charge in [0.25, 0.3) is 0 Å². The predicted octanol–water partition coefficient (Wildman–Crippen LogP) is 5.17. The third-order valence-electron chi connectivity index (χ3n) is 6.01. The van der Waals surface area contributed by atoms with Gasteiger partial charge in [0.15, 0.2) is 0 Å². The maximum atomic E-state index is 12.9. The van der Waals surface area contributed by atoms with Crippen molar-refractivity contribution in [3.8, 4) is 0 Å². The van der Waals surface area contributed by atoms with E-state index in [9.17, 15) is 4.79 Å². The number of hydrogen-bond acceptors (Lipinski definition) is 2. The number of hydrogen-bond donors (Lipinski definition) is 0. The van der Waals surface area contributed by atoms with Crippen LogP contribution in [0.4, 0.5) is 5.69 Å². The Morgan fingerprint density at radius 2 is 1.63 bits per heavy atom. The molecule has 0 radical (unpaired) electrons. The molecular weight excluding hydrogens is 370 g/mol. The Bertz CT molecular complexity index is 1180. The molecule has 0 unspecified atom stereocenters. The number of rotatable bonds is 5. The van der Waals surface area contributed by atoms with Crippen molar-refractivity contribution in [1.29, 1.82) is 0 Å². The predicted molar refractivity (Wildman–Crippen MR) is 121 cm³/mol. The normalized spacial score (nSPS) is 16.5. The topological polar surface area (TPSA) is 38.1 Å². The molecule has 1 aliphatic heterocycles. The van der Waals surface area contributed by atoms with E-state index in [1.54, 1.807) is 0 Å². The van der Waals surface area contributed by atoms with Gasteiger partial charge in [0.05, 0.1) is 11.0 Å². The first-order valence-corrected chi connectivity index (χ1v) is 10.6. The molecule has 4 nitrogen and oxygen atoms in total. The van der Waals surface area contributed by atoms with Crippen molar-refractivity contribution >= 4 is 22.6 Å². The zero-order valence-corrected chi connectivity index (χ0v) is 17.2. The number of imidazole rings is 1. The first kappa shape index (κ1) is 18.6. The summed E-state index contributed by atoms with van der Waals surface area (Å²) in [6.07, 6.45) is 1.49. The van der Waals surface area contributed by atoms with Crippen LogP contribution < -0.4 is 4.90 Å². The van der Waals surface area contributed by atoms with E-state index in [0.29, 0.717) is 13.0 Å². The van der Waals surface area contributed by atoms with Crippen molar-refractivity contribution in [2.24, 2.45) is 0 Å². The van der Waals surface area contributed by atoms with Gasteiger partial charge in [0.1, 0.15) is 5.82 Å². The third-order valence-corrected chi connectivity index (χ3v) is 6.01. The van der Waals surface area contributed by atoms with E-state index < -0.39 is 0 Å². The highest BCUT2D eigenvalue weighted by atomic mass is 16.2. The summed E-state index contributed by atoms with van der Waals surface area (Å²) in [6.45, 7) is 3.57. The second kappa shape index (κ2) is 7.79. The van der Waals surface area contributed by atoms with Crippen molar-refractivity contribution < 1.29 is 4.79 Å². The number of carbonyl (C=O) groups excluding carboxylic acids is 1. The molecule has 3 aromatic carbocycles. The van der Waals surface area contributed by atoms with E-state index in [1.807, 2.05) is 17.0 Å². The average molecular weight is 396 g/mol. The van der Waals surface area contributed by atoms with Crippen LogP contribution in [0.15, 0.2) is 78.9 Å². The van der Waals surface area contributed by atoms with Crippen LogP contribution in [0.5, 0.6) is 0 Å². The van der Waals surface area contributed by atoms with E-state index in [4.69, 9.17) is 4.98 Å². The van der Waals surface area contributed by atoms with Crippen LogP contribution in [0.25, 0.3) is 11.0 Å². The number of aromatic nitrogens is 2. The molecule has 1 aliphatic rings. The molecule has 4 aromatic rings. The standard InChI is InChI=1S/C26H25N3O/c1-2-19-12-14-22(15-13-19)28-18-21(16-25(28)30)26-27-23-10-6-7-11-24(23)29(26)17-20-8-4-3-5-9-20/h3-15,21H,2,16-18H2,1H3/t21-/m1/s1. The Morgan fingerprint density at radius 3 is 2.40 bits per heavy atom. The highest BCUT2D eigenvalue weighted by molar-refractivity contribution is 5.96. The fraction of sp³-hybridized carbons (Fsp3) is 0.231. The van der Waals surface area contributed by atoms with Crippen LogP contribution in [0.3, 0.4) is 0 Å². The quantitative estimate of drug-likeness (QED) is 0.468. The zero-order chi connectivity index (χ0) is 20.5. The number of para-hydroxylation sites is 2. The molecule has 0 spiro atoms. The number of anilines is 1. The molecule has 1 aromatic heterocycles. The minimum Gasteiger partial charge on any atom is -0.323 e. The molecule has 1 atom stereocenters. The maximum absolute atomic E-state index is 12.9. The first-order chi connectivity index (χ1) is 14.7. The molecule has 0 bridgehead atoms. The van der Waals surface area contributed by atoms with E-state index in [2.05, 4.69) is 78.2 Å². The summed E-state index contributed by atoms with van der Waals surface area (Å²) in [5.74, 6) is 1.25. The molecule has 0 N–H and O–H groups in total. The Kier molecular flexibility index (Phi) is 4.83. The van der Waals surface area contributed by atoms with Gasteiger partial charge in [-0.1, -0.05) is 61.5 Å². The van der Waals surface area contributed by atoms with E-state index in [0.717, 1.165) is 35.5 Å². The molecular formula is C26H25N3O. The maximum Gasteiger partial charge on any atom is 0.227 e. The highest BCUT2D eigenvalue weighted by Crippen LogP contribution is 2.33. The largest absolute Gasteiger partial charge is 0.323 e. The Morgan fingerprint density at radius 1 is 0.900 bits per heavy atom. The second-order valence-corrected chi connectivity index (χ2v) is 7.96. The Hall–Kier alpha value is -3.40. The fourth-order valence-corrected chi connectivity index (χ4v) is 4.38. The van der Waals surface area contributed by atoms with Crippen molar-refractivity contribution in [1.82, 2.24) is 9.55 Å². The number of nitrogens with zero attached hydrogens (tertiary/aromatic N) is 3. The lowest BCUT2D eigenvalue weighted by Crippen LogP contribution is -2.24. The van der Waals surface area contributed by atoms with Gasteiger partial charge in [-0.25, -0.2) is 4.98 Å². The first-order valence-electron chi connectivity index (χ1n) is 10.6. The van der Waals surface area contributed by atoms with Crippen molar-refractivity contribution in [2.75, 3.05) is 11.4 Å². The number of benzene rings is 3. The summed E-state index contributed by atoms with van der Waals surface area (Å²) < 4.78 is 2.28. The molecule has 1 saturated heterocycles. The number of fused-ring (bicyclic) bond motifs is 1. The Balaban J connectivity index is 1.50. The van der Waals surface area contributed by atoms with E-state index >= 15 is 0 Å². The van der Waals surface area contributed by atoms with Gasteiger partial charge in [0.2, 0.25) is 5.91 Å². The van der Waals surface area contributed by atoms with Gasteiger partial charge in [0, 0.05) is 31.1 Å². The lowest BCUT2D eigenvalue weighted by Gasteiger charge is -2.18. The molecule has 1 fully saturated rings. The van der Waals surface area contributed by atoms with Gasteiger partial charge in [-0.2, -0.15) is 0 Å². The van der Waals surface area contributed by atoms with Crippen LogP contribution in [-0.4, -0.2) is 22.0 Å². The molecule has 30 heavy (non-hydrogen) atoms. The third kappa shape index (κ3) is 3.39. The van der Waals surface area contributed by atoms with Crippen LogP contribution >= 0.6 is 0 Å². The van der Waals surface area contributed by atoms with Crippen LogP contribution in [-0.2, 0) is 17.8 Å². The average Bonchev–Trinajstić information content (AvgIpc) is 3.35. The molecule has 1 amide bonds. The van der Waals surface area contributed by atoms with E-state index in [-0.39, 0.29) is 11.8 Å². The fourth-order valence-electron chi connectivity index (χ4n) is 4.38. The van der Waals surface area contributed by atoms with Crippen LogP contribution in [0.1, 0.15) is 36.2 Å². The molecule has 2 heterocycles. The van der Waals surface area contributed by atoms with Crippen LogP contribution in [0.2, 0.25) is 0 Å². The Labute approximate surface area is 176 Å². The molecule has 150 valence electrons. The summed E-state index contributed by atoms with van der Waals surface area (Å²) in [6, 6.07) is 27.0. The summed E-state index contributed by atoms with van der Waals surface area (Å²) >= 11 is 0. The van der Waals surface area contributed by atoms with Gasteiger partial charge >= 0.3 is 0 Å². The summed E-state index contributed by atoms with van der Waals surface area (Å²) in [4.78, 5) is 19.8. The minimum atomic E-state index is 0.0828. The lowest BCUT2D eigenvalue weighted by molar-refractivity contribution is -0.117. The highest BCUT2D eigenvalue weighted by Gasteiger charge is 2.34. The van der Waals surface area contributed by atoms with Crippen molar-refractivity contribution in [2.45, 2.75) is 32.2 Å². The molecule has 0 saturated carbocycles. The van der Waals surface area contributed by atoms with Crippen molar-refractivity contribution in [3.05, 3.63) is 95.8 Å². The van der Waals surface area contributed by atoms with Gasteiger partial charge in [-0.15, -0.1) is 0 Å². The number of aryl methyl sites for hydroxylation is 1. The SMILES string of the molecule is CCc1ccc(N2C[C@H](c3nc4ccccc4n3Cc3ccccc3)CC2=O)cc1. The van der Waals surface area contributed by atoms with Crippen molar-refractivity contribution in [3.63, 3.8) is 0 Å². The summed E-state index contributed by atoms with van der Waals surface area (Å²) in [5, 5.41) is 0. The zero-order valence-electron chi connectivity index (χ0n) is 17.2. The van der Waals surface area contributed by atoms with Gasteiger partial charge in [-0.3, -0.25) is 4.79 Å². The molecule has 4 heteroatoms. The summed E-state index contributed by atoms with van der Waals surface area (Å²) in [5.41, 5.74) is 5.60. The smallest absolute Gasteiger partial charge is 0.227 e. The van der Waals surface area contributed by atoms with Crippen LogP contribution in [0, 0.1) is 0 Å². The number of carbonyl (C=O) groups is 1. The van der Waals surface area contributed by atoms with E-state index in [1.165, 1.54) is 11.1 Å². The van der Waals surface area contributed by atoms with Gasteiger partial charge in [-0.05, 0) is 41.8 Å². The summed E-state index contributed by atoms with van der Waals surface area (Å²) in [7, 11) is 0. The van der Waals surface area contributed by atoms with Gasteiger partial charge < -0.3 is 9.47 Å². The molecule has 0 aliphatic carbocycles. The molecule has 5 rings (SSSR count). The lowest BCUT2D eigenvalue weighted by atomic mass is 10.1. The second-order valence-electron chi connectivity index (χ2n) is 7.96. The monoisotopic (exact) mass is 395 g/mol.